The summed E-state index contributed by atoms with van der Waals surface area (Å²) in [6.45, 7) is 5.62. The van der Waals surface area contributed by atoms with Gasteiger partial charge in [-0.05, 0) is 88.4 Å². The minimum atomic E-state index is -3.89. The van der Waals surface area contributed by atoms with Crippen LogP contribution in [0, 0.1) is 5.92 Å². The third-order valence-corrected chi connectivity index (χ3v) is 12.1. The van der Waals surface area contributed by atoms with Crippen molar-refractivity contribution >= 4 is 50.4 Å². The van der Waals surface area contributed by atoms with Gasteiger partial charge in [0, 0.05) is 45.5 Å². The molecule has 2 saturated heterocycles. The smallest absolute Gasteiger partial charge is 0.408 e. The molecule has 6 rings (SSSR count). The van der Waals surface area contributed by atoms with Crippen molar-refractivity contribution in [2.75, 3.05) is 45.9 Å². The van der Waals surface area contributed by atoms with Crippen LogP contribution in [-0.4, -0.2) is 118 Å². The summed E-state index contributed by atoms with van der Waals surface area (Å²) in [6, 6.07) is 5.13. The van der Waals surface area contributed by atoms with Crippen LogP contribution in [0.15, 0.2) is 24.3 Å². The molecule has 3 heterocycles. The van der Waals surface area contributed by atoms with Crippen molar-refractivity contribution in [2.45, 2.75) is 107 Å². The Labute approximate surface area is 316 Å². The number of nitrogens with zero attached hydrogens (tertiary/aromatic N) is 3. The number of anilines is 1. The third kappa shape index (κ3) is 8.94. The average Bonchev–Trinajstić information content (AvgIpc) is 4.02. The molecule has 2 aliphatic carbocycles. The van der Waals surface area contributed by atoms with E-state index in [1.54, 1.807) is 33.9 Å². The van der Waals surface area contributed by atoms with Crippen molar-refractivity contribution in [1.82, 2.24) is 25.2 Å². The number of carbonyl (C=O) groups excluding carboxylic acids is 4. The zero-order valence-corrected chi connectivity index (χ0v) is 32.6. The van der Waals surface area contributed by atoms with Crippen LogP contribution in [0.2, 0.25) is 0 Å². The van der Waals surface area contributed by atoms with Gasteiger partial charge in [0.2, 0.25) is 27.7 Å². The highest BCUT2D eigenvalue weighted by Crippen LogP contribution is 2.48. The molecule has 1 aromatic heterocycles. The number of aromatic nitrogens is 1. The van der Waals surface area contributed by atoms with Gasteiger partial charge in [0.25, 0.3) is 5.91 Å². The van der Waals surface area contributed by atoms with Crippen LogP contribution < -0.4 is 29.7 Å². The monoisotopic (exact) mass is 772 g/mol. The van der Waals surface area contributed by atoms with Gasteiger partial charge in [-0.25, -0.2) is 13.2 Å². The fourth-order valence-electron chi connectivity index (χ4n) is 7.13. The standard InChI is InChI=1S/C37H52N6O10S/c1-36(2,3)53-35(47)38-28-14-16-51-15-8-7-9-23-20-37(23,34(46)41-54(48,49)26-11-12-26)40-31(44)29-19-25(21-43(29)33(28)45)52-32-27-13-10-24(50-6)17-22(27)18-30(39-32)42(4)5/h10,13,17-18,23,25-26,28-29H,7-9,11-12,14-16,19-21H2,1-6H3,(H,38,47)(H,40,44)(H,41,46)/t23-,25-,28+,29+,37-/m1/s1. The van der Waals surface area contributed by atoms with Crippen LogP contribution in [-0.2, 0) is 33.9 Å². The molecule has 3 N–H and O–H groups in total. The molecular weight excluding hydrogens is 721 g/mol. The quantitative estimate of drug-likeness (QED) is 0.356. The summed E-state index contributed by atoms with van der Waals surface area (Å²) < 4.78 is 51.2. The number of fused-ring (bicyclic) bond motifs is 3. The molecule has 4 fully saturated rings. The second kappa shape index (κ2) is 15.4. The Kier molecular flexibility index (Phi) is 11.2. The summed E-state index contributed by atoms with van der Waals surface area (Å²) in [5.74, 6) is -0.704. The molecule has 0 bridgehead atoms. The highest BCUT2D eigenvalue weighted by molar-refractivity contribution is 7.91. The fourth-order valence-corrected chi connectivity index (χ4v) is 8.49. The van der Waals surface area contributed by atoms with Crippen molar-refractivity contribution in [3.63, 3.8) is 0 Å². The Hall–Kier alpha value is -4.38. The summed E-state index contributed by atoms with van der Waals surface area (Å²) in [6.07, 6.45) is 1.70. The SMILES string of the molecule is COc1ccc2c(O[C@@H]3C[C@H]4C(=O)N[C@]5(C(=O)NS(=O)(=O)C6CC6)C[C@H]5CCCCOCC[C@H](NC(=O)OC(C)(C)C)C(=O)N4C3)nc(N(C)C)cc2c1. The largest absolute Gasteiger partial charge is 0.497 e. The van der Waals surface area contributed by atoms with Gasteiger partial charge in [-0.15, -0.1) is 0 Å². The molecule has 2 aromatic rings. The van der Waals surface area contributed by atoms with Gasteiger partial charge in [-0.1, -0.05) is 6.42 Å². The molecule has 4 amide bonds. The molecule has 5 atom stereocenters. The highest BCUT2D eigenvalue weighted by Gasteiger charge is 2.62. The Morgan fingerprint density at radius 1 is 1.07 bits per heavy atom. The maximum atomic E-state index is 14.5. The predicted octanol–water partition coefficient (Wildman–Crippen LogP) is 2.62. The maximum Gasteiger partial charge on any atom is 0.408 e. The van der Waals surface area contributed by atoms with E-state index in [1.165, 1.54) is 4.90 Å². The molecule has 4 aliphatic rings. The maximum absolute atomic E-state index is 14.5. The fraction of sp³-hybridized carbons (Fsp3) is 0.649. The van der Waals surface area contributed by atoms with Crippen LogP contribution in [0.3, 0.4) is 0 Å². The number of pyridine rings is 1. The van der Waals surface area contributed by atoms with E-state index in [2.05, 4.69) is 15.4 Å². The molecule has 0 spiro atoms. The van der Waals surface area contributed by atoms with E-state index in [0.717, 1.165) is 5.39 Å². The Balaban J connectivity index is 1.33. The number of hydrogen-bond donors (Lipinski definition) is 3. The molecule has 17 heteroatoms. The van der Waals surface area contributed by atoms with Crippen molar-refractivity contribution in [3.05, 3.63) is 24.3 Å². The Bertz CT molecular complexity index is 1880. The molecule has 0 unspecified atom stereocenters. The number of sulfonamides is 1. The molecule has 2 saturated carbocycles. The number of hydrogen-bond acceptors (Lipinski definition) is 12. The van der Waals surface area contributed by atoms with Gasteiger partial charge in [0.1, 0.15) is 40.9 Å². The van der Waals surface area contributed by atoms with Crippen molar-refractivity contribution in [1.29, 1.82) is 0 Å². The summed E-state index contributed by atoms with van der Waals surface area (Å²) in [5.41, 5.74) is -2.29. The minimum absolute atomic E-state index is 0.0293. The minimum Gasteiger partial charge on any atom is -0.497 e. The summed E-state index contributed by atoms with van der Waals surface area (Å²) >= 11 is 0. The van der Waals surface area contributed by atoms with Crippen molar-refractivity contribution < 1.29 is 46.5 Å². The molecule has 2 aliphatic heterocycles. The molecule has 1 aromatic carbocycles. The van der Waals surface area contributed by atoms with Gasteiger partial charge in [0.15, 0.2) is 0 Å². The number of carbonyl (C=O) groups is 4. The zero-order chi connectivity index (χ0) is 39.0. The summed E-state index contributed by atoms with van der Waals surface area (Å²) in [7, 11) is 1.39. The lowest BCUT2D eigenvalue weighted by molar-refractivity contribution is -0.141. The lowest BCUT2D eigenvalue weighted by Gasteiger charge is -2.30. The topological polar surface area (TPSA) is 195 Å². The van der Waals surface area contributed by atoms with E-state index in [9.17, 15) is 27.6 Å². The van der Waals surface area contributed by atoms with Crippen molar-refractivity contribution in [2.24, 2.45) is 5.92 Å². The van der Waals surface area contributed by atoms with Gasteiger partial charge in [-0.3, -0.25) is 19.1 Å². The molecule has 0 radical (unpaired) electrons. The normalized spacial score (nSPS) is 26.7. The first-order valence-electron chi connectivity index (χ1n) is 18.6. The second-order valence-corrected chi connectivity index (χ2v) is 17.8. The average molecular weight is 773 g/mol. The van der Waals surface area contributed by atoms with Gasteiger partial charge < -0.3 is 39.4 Å². The van der Waals surface area contributed by atoms with E-state index < -0.39 is 68.4 Å². The first kappa shape index (κ1) is 39.3. The number of methoxy groups -OCH3 is 1. The van der Waals surface area contributed by atoms with Crippen LogP contribution in [0.4, 0.5) is 10.6 Å². The second-order valence-electron chi connectivity index (χ2n) is 15.9. The van der Waals surface area contributed by atoms with Crippen LogP contribution in [0.5, 0.6) is 11.6 Å². The lowest BCUT2D eigenvalue weighted by atomic mass is 10.1. The molecule has 296 valence electrons. The number of rotatable bonds is 8. The van der Waals surface area contributed by atoms with Gasteiger partial charge >= 0.3 is 6.09 Å². The van der Waals surface area contributed by atoms with E-state index in [0.29, 0.717) is 61.5 Å². The Morgan fingerprint density at radius 3 is 2.52 bits per heavy atom. The lowest BCUT2D eigenvalue weighted by Crippen LogP contribution is -2.58. The summed E-state index contributed by atoms with van der Waals surface area (Å²) in [4.78, 5) is 63.5. The molecule has 54 heavy (non-hydrogen) atoms. The van der Waals surface area contributed by atoms with Crippen molar-refractivity contribution in [3.8, 4) is 11.6 Å². The first-order valence-corrected chi connectivity index (χ1v) is 20.1. The summed E-state index contributed by atoms with van der Waals surface area (Å²) in [5, 5.41) is 6.46. The van der Waals surface area contributed by atoms with E-state index in [1.807, 2.05) is 37.2 Å². The third-order valence-electron chi connectivity index (χ3n) is 10.3. The zero-order valence-electron chi connectivity index (χ0n) is 31.8. The number of benzene rings is 1. The predicted molar refractivity (Wildman–Crippen MR) is 199 cm³/mol. The van der Waals surface area contributed by atoms with E-state index in [4.69, 9.17) is 23.9 Å². The Morgan fingerprint density at radius 2 is 1.83 bits per heavy atom. The molecule has 16 nitrogen and oxygen atoms in total. The van der Waals surface area contributed by atoms with E-state index >= 15 is 0 Å². The van der Waals surface area contributed by atoms with Gasteiger partial charge in [-0.2, -0.15) is 4.98 Å². The van der Waals surface area contributed by atoms with Crippen LogP contribution in [0.25, 0.3) is 10.8 Å². The van der Waals surface area contributed by atoms with Crippen LogP contribution in [0.1, 0.15) is 72.1 Å². The van der Waals surface area contributed by atoms with Crippen LogP contribution >= 0.6 is 0 Å². The molecular formula is C37H52N6O10S. The highest BCUT2D eigenvalue weighted by atomic mass is 32.2. The van der Waals surface area contributed by atoms with Gasteiger partial charge in [0.05, 0.1) is 18.9 Å². The first-order chi connectivity index (χ1) is 25.5. The number of nitrogens with one attached hydrogen (secondary N) is 3. The number of ether oxygens (including phenoxy) is 4. The van der Waals surface area contributed by atoms with E-state index in [-0.39, 0.29) is 38.3 Å². The number of alkyl carbamates (subject to hydrolysis) is 1. The number of amides is 4.